The number of carbonyl (C=O) groups is 1. The van der Waals surface area contributed by atoms with Gasteiger partial charge in [0.25, 0.3) is 5.91 Å². The minimum atomic E-state index is -0.714. The first-order valence-electron chi connectivity index (χ1n) is 8.28. The molecule has 0 saturated heterocycles. The third-order valence-corrected chi connectivity index (χ3v) is 4.55. The largest absolute Gasteiger partial charge is 0.368 e. The summed E-state index contributed by atoms with van der Waals surface area (Å²) in [6.07, 6.45) is 1.65. The summed E-state index contributed by atoms with van der Waals surface area (Å²) in [5.74, 6) is -1.49. The van der Waals surface area contributed by atoms with E-state index in [1.54, 1.807) is 13.0 Å². The van der Waals surface area contributed by atoms with Crippen LogP contribution in [0.4, 0.5) is 14.7 Å². The van der Waals surface area contributed by atoms with Crippen LogP contribution in [0.3, 0.4) is 0 Å². The fraction of sp³-hybridized carbons (Fsp3) is 0.158. The Hall–Kier alpha value is -3.42. The Morgan fingerprint density at radius 3 is 2.78 bits per heavy atom. The second-order valence-electron chi connectivity index (χ2n) is 6.29. The van der Waals surface area contributed by atoms with Crippen LogP contribution in [-0.4, -0.2) is 20.9 Å². The molecule has 3 aromatic rings. The van der Waals surface area contributed by atoms with E-state index in [9.17, 15) is 13.6 Å². The van der Waals surface area contributed by atoms with Gasteiger partial charge in [0.1, 0.15) is 5.82 Å². The van der Waals surface area contributed by atoms with Crippen LogP contribution in [0.2, 0.25) is 0 Å². The van der Waals surface area contributed by atoms with Crippen molar-refractivity contribution in [2.45, 2.75) is 19.4 Å². The van der Waals surface area contributed by atoms with E-state index in [2.05, 4.69) is 20.3 Å². The van der Waals surface area contributed by atoms with E-state index in [0.717, 1.165) is 0 Å². The van der Waals surface area contributed by atoms with Crippen LogP contribution in [-0.2, 0) is 6.42 Å². The van der Waals surface area contributed by atoms with Gasteiger partial charge in [0.05, 0.1) is 23.0 Å². The maximum absolute atomic E-state index is 14.2. The smallest absolute Gasteiger partial charge is 0.255 e. The van der Waals surface area contributed by atoms with Gasteiger partial charge in [0, 0.05) is 18.2 Å². The number of hydrogen-bond donors (Lipinski definition) is 2. The molecule has 1 aliphatic rings. The highest BCUT2D eigenvalue weighted by Gasteiger charge is 2.30. The van der Waals surface area contributed by atoms with Crippen LogP contribution < -0.4 is 11.1 Å². The van der Waals surface area contributed by atoms with Gasteiger partial charge in [-0.25, -0.2) is 19.3 Å². The van der Waals surface area contributed by atoms with E-state index in [1.165, 1.54) is 30.5 Å². The number of benzene rings is 1. The highest BCUT2D eigenvalue weighted by atomic mass is 19.1. The van der Waals surface area contributed by atoms with Gasteiger partial charge in [0.2, 0.25) is 11.9 Å². The molecule has 1 aliphatic heterocycles. The molecule has 6 nitrogen and oxygen atoms in total. The molecule has 3 heterocycles. The Morgan fingerprint density at radius 2 is 2.00 bits per heavy atom. The van der Waals surface area contributed by atoms with Gasteiger partial charge in [-0.2, -0.15) is 4.39 Å². The number of aromatic nitrogens is 3. The van der Waals surface area contributed by atoms with Crippen molar-refractivity contribution in [2.24, 2.45) is 0 Å². The lowest BCUT2D eigenvalue weighted by Crippen LogP contribution is -2.37. The predicted octanol–water partition coefficient (Wildman–Crippen LogP) is 2.73. The number of nitrogens with one attached hydrogen (secondary N) is 1. The molecule has 1 atom stereocenters. The van der Waals surface area contributed by atoms with Gasteiger partial charge in [0.15, 0.2) is 0 Å². The lowest BCUT2D eigenvalue weighted by Gasteiger charge is -2.27. The number of fused-ring (bicyclic) bond motifs is 1. The number of carbonyl (C=O) groups excluding carboxylic acids is 1. The average molecular weight is 367 g/mol. The summed E-state index contributed by atoms with van der Waals surface area (Å²) in [5, 5.41) is 2.87. The van der Waals surface area contributed by atoms with Crippen molar-refractivity contribution in [3.05, 3.63) is 70.8 Å². The molecule has 4 rings (SSSR count). The van der Waals surface area contributed by atoms with Crippen molar-refractivity contribution in [1.82, 2.24) is 20.3 Å². The zero-order valence-electron chi connectivity index (χ0n) is 14.3. The Kier molecular flexibility index (Phi) is 4.02. The molecule has 136 valence electrons. The maximum atomic E-state index is 14.2. The summed E-state index contributed by atoms with van der Waals surface area (Å²) in [6, 6.07) is 6.60. The summed E-state index contributed by atoms with van der Waals surface area (Å²) in [6.45, 7) is 1.69. The van der Waals surface area contributed by atoms with E-state index in [1.807, 2.05) is 0 Å². The molecule has 27 heavy (non-hydrogen) atoms. The van der Waals surface area contributed by atoms with Crippen LogP contribution in [0.15, 0.2) is 36.5 Å². The standard InChI is InChI=1S/C19H15F2N5O/c1-9-16-15(26-19(22)24-9)8-14(25-18(16)27)11-5-4-10(20)7-13(11)12-3-2-6-23-17(12)21/h2-7,14H,8H2,1H3,(H,25,27)(H2,22,24,26). The highest BCUT2D eigenvalue weighted by Crippen LogP contribution is 2.34. The second-order valence-corrected chi connectivity index (χ2v) is 6.29. The highest BCUT2D eigenvalue weighted by molar-refractivity contribution is 5.98. The van der Waals surface area contributed by atoms with Gasteiger partial charge in [-0.3, -0.25) is 4.79 Å². The normalized spacial score (nSPS) is 16.0. The predicted molar refractivity (Wildman–Crippen MR) is 94.7 cm³/mol. The van der Waals surface area contributed by atoms with Crippen LogP contribution >= 0.6 is 0 Å². The molecule has 1 unspecified atom stereocenters. The molecule has 0 spiro atoms. The molecule has 0 saturated carbocycles. The number of halogens is 2. The average Bonchev–Trinajstić information content (AvgIpc) is 2.61. The zero-order chi connectivity index (χ0) is 19.1. The number of aryl methyl sites for hydroxylation is 1. The molecule has 8 heteroatoms. The SMILES string of the molecule is Cc1nc(N)nc2c1C(=O)NC(c1ccc(F)cc1-c1cccnc1F)C2. The van der Waals surface area contributed by atoms with Crippen molar-refractivity contribution < 1.29 is 13.6 Å². The third-order valence-electron chi connectivity index (χ3n) is 4.55. The van der Waals surface area contributed by atoms with Crippen molar-refractivity contribution in [3.8, 4) is 11.1 Å². The third kappa shape index (κ3) is 2.99. The number of anilines is 1. The maximum Gasteiger partial charge on any atom is 0.255 e. The summed E-state index contributed by atoms with van der Waals surface area (Å²) in [4.78, 5) is 24.4. The Labute approximate surface area is 153 Å². The molecule has 0 aliphatic carbocycles. The van der Waals surface area contributed by atoms with Crippen LogP contribution in [0.5, 0.6) is 0 Å². The van der Waals surface area contributed by atoms with E-state index < -0.39 is 17.8 Å². The molecule has 0 bridgehead atoms. The summed E-state index contributed by atoms with van der Waals surface area (Å²) in [7, 11) is 0. The van der Waals surface area contributed by atoms with Gasteiger partial charge in [-0.05, 0) is 42.3 Å². The number of nitrogens with two attached hydrogens (primary N) is 1. The van der Waals surface area contributed by atoms with Crippen LogP contribution in [0.25, 0.3) is 11.1 Å². The van der Waals surface area contributed by atoms with Gasteiger partial charge in [-0.1, -0.05) is 6.07 Å². The minimum Gasteiger partial charge on any atom is -0.368 e. The van der Waals surface area contributed by atoms with Gasteiger partial charge >= 0.3 is 0 Å². The van der Waals surface area contributed by atoms with Crippen LogP contribution in [0, 0.1) is 18.7 Å². The second kappa shape index (κ2) is 6.39. The van der Waals surface area contributed by atoms with Crippen molar-refractivity contribution in [2.75, 3.05) is 5.73 Å². The first kappa shape index (κ1) is 17.0. The Morgan fingerprint density at radius 1 is 1.19 bits per heavy atom. The number of rotatable bonds is 2. The van der Waals surface area contributed by atoms with E-state index >= 15 is 0 Å². The molecule has 3 N–H and O–H groups in total. The van der Waals surface area contributed by atoms with E-state index in [-0.39, 0.29) is 17.4 Å². The number of hydrogen-bond acceptors (Lipinski definition) is 5. The molecular weight excluding hydrogens is 352 g/mol. The van der Waals surface area contributed by atoms with E-state index in [4.69, 9.17) is 5.73 Å². The van der Waals surface area contributed by atoms with Crippen molar-refractivity contribution in [3.63, 3.8) is 0 Å². The van der Waals surface area contributed by atoms with Crippen LogP contribution in [0.1, 0.15) is 33.4 Å². The monoisotopic (exact) mass is 367 g/mol. The quantitative estimate of drug-likeness (QED) is 0.679. The topological polar surface area (TPSA) is 93.8 Å². The first-order valence-corrected chi connectivity index (χ1v) is 8.28. The lowest BCUT2D eigenvalue weighted by atomic mass is 9.89. The van der Waals surface area contributed by atoms with E-state index in [0.29, 0.717) is 34.5 Å². The molecule has 1 amide bonds. The summed E-state index contributed by atoms with van der Waals surface area (Å²) < 4.78 is 28.1. The Balaban J connectivity index is 1.83. The molecule has 1 aromatic carbocycles. The lowest BCUT2D eigenvalue weighted by molar-refractivity contribution is 0.0922. The van der Waals surface area contributed by atoms with Crippen molar-refractivity contribution >= 4 is 11.9 Å². The van der Waals surface area contributed by atoms with Crippen molar-refractivity contribution in [1.29, 1.82) is 0 Å². The number of nitrogen functional groups attached to an aromatic ring is 1. The fourth-order valence-corrected chi connectivity index (χ4v) is 3.41. The molecule has 0 fully saturated rings. The number of pyridine rings is 1. The number of nitrogens with zero attached hydrogens (tertiary/aromatic N) is 3. The fourth-order valence-electron chi connectivity index (χ4n) is 3.41. The minimum absolute atomic E-state index is 0.0809. The first-order chi connectivity index (χ1) is 12.9. The molecular formula is C19H15F2N5O. The zero-order valence-corrected chi connectivity index (χ0v) is 14.3. The molecule has 2 aromatic heterocycles. The summed E-state index contributed by atoms with van der Waals surface area (Å²) >= 11 is 0. The number of amides is 1. The molecule has 0 radical (unpaired) electrons. The van der Waals surface area contributed by atoms with Gasteiger partial charge < -0.3 is 11.1 Å². The Bertz CT molecular complexity index is 1070. The van der Waals surface area contributed by atoms with Gasteiger partial charge in [-0.15, -0.1) is 0 Å². The summed E-state index contributed by atoms with van der Waals surface area (Å²) in [5.41, 5.74) is 8.15.